The molecule has 1 aromatic carbocycles. The smallest absolute Gasteiger partial charge is 0.129 e. The van der Waals surface area contributed by atoms with Crippen molar-refractivity contribution in [3.63, 3.8) is 0 Å². The van der Waals surface area contributed by atoms with E-state index in [0.717, 1.165) is 18.1 Å². The van der Waals surface area contributed by atoms with E-state index in [0.29, 0.717) is 25.8 Å². The summed E-state index contributed by atoms with van der Waals surface area (Å²) in [4.78, 5) is 2.34. The van der Waals surface area contributed by atoms with E-state index in [2.05, 4.69) is 17.0 Å². The lowest BCUT2D eigenvalue weighted by Crippen LogP contribution is -2.36. The highest BCUT2D eigenvalue weighted by atomic mass is 16.5. The monoisotopic (exact) mass is 331 g/mol. The first-order valence-electron chi connectivity index (χ1n) is 8.40. The molecular weight excluding hydrogens is 306 g/mol. The summed E-state index contributed by atoms with van der Waals surface area (Å²) < 4.78 is 15.9. The fraction of sp³-hybridized carbons (Fsp3) is 0.474. The zero-order valence-electron chi connectivity index (χ0n) is 14.1. The second-order valence-electron chi connectivity index (χ2n) is 6.26. The Morgan fingerprint density at radius 3 is 2.67 bits per heavy atom. The predicted molar refractivity (Wildman–Crippen MR) is 90.8 cm³/mol. The normalized spacial score (nSPS) is 15.6. The number of hydrogen-bond donors (Lipinski definition) is 1. The third kappa shape index (κ3) is 5.09. The van der Waals surface area contributed by atoms with Gasteiger partial charge in [-0.05, 0) is 42.7 Å². The molecule has 0 amide bonds. The number of furan rings is 1. The fourth-order valence-corrected chi connectivity index (χ4v) is 2.76. The van der Waals surface area contributed by atoms with Crippen molar-refractivity contribution < 1.29 is 19.0 Å². The Balaban J connectivity index is 1.46. The van der Waals surface area contributed by atoms with Crippen LogP contribution in [-0.4, -0.2) is 42.4 Å². The molecule has 0 bridgehead atoms. The summed E-state index contributed by atoms with van der Waals surface area (Å²) in [6.45, 7) is 2.16. The molecule has 24 heavy (non-hydrogen) atoms. The van der Waals surface area contributed by atoms with Crippen LogP contribution in [0.2, 0.25) is 0 Å². The van der Waals surface area contributed by atoms with Crippen molar-refractivity contribution in [1.29, 1.82) is 0 Å². The first-order chi connectivity index (χ1) is 11.7. The quantitative estimate of drug-likeness (QED) is 0.725. The zero-order chi connectivity index (χ0) is 16.8. The first-order valence-corrected chi connectivity index (χ1v) is 8.40. The summed E-state index contributed by atoms with van der Waals surface area (Å²) in [5.74, 6) is 1.64. The third-order valence-electron chi connectivity index (χ3n) is 4.19. The number of aliphatic hydroxyl groups excluding tert-OH is 1. The number of aliphatic hydroxyl groups is 1. The SMILES string of the molecule is COc1ccc(CN(CC(O)COCc2ccco2)C2CC2)cc1. The van der Waals surface area contributed by atoms with Crippen LogP contribution in [-0.2, 0) is 17.9 Å². The van der Waals surface area contributed by atoms with Crippen LogP contribution in [0.1, 0.15) is 24.2 Å². The van der Waals surface area contributed by atoms with E-state index in [-0.39, 0.29) is 0 Å². The summed E-state index contributed by atoms with van der Waals surface area (Å²) in [7, 11) is 1.67. The van der Waals surface area contributed by atoms with Gasteiger partial charge < -0.3 is 19.0 Å². The minimum Gasteiger partial charge on any atom is -0.497 e. The number of methoxy groups -OCH3 is 1. The molecule has 5 heteroatoms. The first kappa shape index (κ1) is 17.0. The Morgan fingerprint density at radius 2 is 2.04 bits per heavy atom. The van der Waals surface area contributed by atoms with Gasteiger partial charge in [-0.3, -0.25) is 4.90 Å². The minimum atomic E-state index is -0.501. The molecule has 0 saturated heterocycles. The van der Waals surface area contributed by atoms with Crippen molar-refractivity contribution in [2.45, 2.75) is 38.1 Å². The average Bonchev–Trinajstić information content (AvgIpc) is 3.32. The van der Waals surface area contributed by atoms with Crippen LogP contribution in [0.3, 0.4) is 0 Å². The van der Waals surface area contributed by atoms with Gasteiger partial charge in [-0.25, -0.2) is 0 Å². The maximum atomic E-state index is 10.3. The van der Waals surface area contributed by atoms with Crippen LogP contribution in [0.25, 0.3) is 0 Å². The molecule has 1 saturated carbocycles. The predicted octanol–water partition coefficient (Wildman–Crippen LogP) is 2.83. The standard InChI is InChI=1S/C19H25NO4/c1-22-18-8-4-15(5-9-18)11-20(16-6-7-16)12-17(21)13-23-14-19-3-2-10-24-19/h2-5,8-10,16-17,21H,6-7,11-14H2,1H3. The summed E-state index contributed by atoms with van der Waals surface area (Å²) in [6, 6.07) is 12.4. The molecular formula is C19H25NO4. The molecule has 1 aliphatic carbocycles. The Hall–Kier alpha value is -1.82. The maximum absolute atomic E-state index is 10.3. The number of rotatable bonds is 10. The van der Waals surface area contributed by atoms with Gasteiger partial charge in [-0.15, -0.1) is 0 Å². The number of ether oxygens (including phenoxy) is 2. The van der Waals surface area contributed by atoms with E-state index in [1.165, 1.54) is 18.4 Å². The van der Waals surface area contributed by atoms with Gasteiger partial charge in [-0.1, -0.05) is 12.1 Å². The van der Waals surface area contributed by atoms with Crippen molar-refractivity contribution in [3.05, 3.63) is 54.0 Å². The highest BCUT2D eigenvalue weighted by molar-refractivity contribution is 5.27. The fourth-order valence-electron chi connectivity index (χ4n) is 2.76. The lowest BCUT2D eigenvalue weighted by Gasteiger charge is -2.25. The van der Waals surface area contributed by atoms with Gasteiger partial charge in [0.2, 0.25) is 0 Å². The van der Waals surface area contributed by atoms with E-state index in [9.17, 15) is 5.11 Å². The van der Waals surface area contributed by atoms with Crippen LogP contribution in [0.15, 0.2) is 47.1 Å². The lowest BCUT2D eigenvalue weighted by atomic mass is 10.2. The van der Waals surface area contributed by atoms with Crippen LogP contribution >= 0.6 is 0 Å². The van der Waals surface area contributed by atoms with E-state index in [4.69, 9.17) is 13.9 Å². The van der Waals surface area contributed by atoms with Crippen molar-refractivity contribution in [1.82, 2.24) is 4.90 Å². The Bertz CT molecular complexity index is 592. The number of nitrogens with zero attached hydrogens (tertiary/aromatic N) is 1. The Labute approximate surface area is 142 Å². The van der Waals surface area contributed by atoms with E-state index in [1.54, 1.807) is 13.4 Å². The Morgan fingerprint density at radius 1 is 1.25 bits per heavy atom. The van der Waals surface area contributed by atoms with Gasteiger partial charge in [0.15, 0.2) is 0 Å². The minimum absolute atomic E-state index is 0.312. The number of hydrogen-bond acceptors (Lipinski definition) is 5. The molecule has 1 fully saturated rings. The largest absolute Gasteiger partial charge is 0.497 e. The second-order valence-corrected chi connectivity index (χ2v) is 6.26. The molecule has 1 unspecified atom stereocenters. The van der Waals surface area contributed by atoms with E-state index < -0.39 is 6.10 Å². The van der Waals surface area contributed by atoms with Crippen LogP contribution in [0.4, 0.5) is 0 Å². The molecule has 0 spiro atoms. The third-order valence-corrected chi connectivity index (χ3v) is 4.19. The number of benzene rings is 1. The summed E-state index contributed by atoms with van der Waals surface area (Å²) >= 11 is 0. The molecule has 2 aromatic rings. The summed E-state index contributed by atoms with van der Waals surface area (Å²) in [5.41, 5.74) is 1.23. The zero-order valence-corrected chi connectivity index (χ0v) is 14.1. The van der Waals surface area contributed by atoms with Crippen LogP contribution in [0, 0.1) is 0 Å². The molecule has 1 aromatic heterocycles. The second kappa shape index (κ2) is 8.33. The molecule has 130 valence electrons. The van der Waals surface area contributed by atoms with E-state index in [1.807, 2.05) is 24.3 Å². The molecule has 0 aliphatic heterocycles. The van der Waals surface area contributed by atoms with Crippen molar-refractivity contribution in [2.75, 3.05) is 20.3 Å². The molecule has 1 N–H and O–H groups in total. The summed E-state index contributed by atoms with van der Waals surface area (Å²) in [5, 5.41) is 10.3. The highest BCUT2D eigenvalue weighted by Gasteiger charge is 2.30. The van der Waals surface area contributed by atoms with Gasteiger partial charge in [-0.2, -0.15) is 0 Å². The molecule has 3 rings (SSSR count). The molecule has 1 heterocycles. The topological polar surface area (TPSA) is 55.1 Å². The molecule has 1 atom stereocenters. The van der Waals surface area contributed by atoms with Gasteiger partial charge in [0, 0.05) is 19.1 Å². The van der Waals surface area contributed by atoms with E-state index >= 15 is 0 Å². The van der Waals surface area contributed by atoms with Gasteiger partial charge in [0.05, 0.1) is 26.1 Å². The van der Waals surface area contributed by atoms with Crippen LogP contribution < -0.4 is 4.74 Å². The van der Waals surface area contributed by atoms with Crippen molar-refractivity contribution in [3.8, 4) is 5.75 Å². The average molecular weight is 331 g/mol. The maximum Gasteiger partial charge on any atom is 0.129 e. The lowest BCUT2D eigenvalue weighted by molar-refractivity contribution is 0.00246. The molecule has 0 radical (unpaired) electrons. The van der Waals surface area contributed by atoms with Gasteiger partial charge in [0.25, 0.3) is 0 Å². The molecule has 5 nitrogen and oxygen atoms in total. The summed E-state index contributed by atoms with van der Waals surface area (Å²) in [6.07, 6.45) is 3.53. The van der Waals surface area contributed by atoms with Gasteiger partial charge in [0.1, 0.15) is 18.1 Å². The Kier molecular flexibility index (Phi) is 5.91. The van der Waals surface area contributed by atoms with Gasteiger partial charge >= 0.3 is 0 Å². The van der Waals surface area contributed by atoms with Crippen LogP contribution in [0.5, 0.6) is 5.75 Å². The highest BCUT2D eigenvalue weighted by Crippen LogP contribution is 2.28. The van der Waals surface area contributed by atoms with Crippen molar-refractivity contribution >= 4 is 0 Å². The molecule has 1 aliphatic rings. The van der Waals surface area contributed by atoms with Crippen molar-refractivity contribution in [2.24, 2.45) is 0 Å².